The van der Waals surface area contributed by atoms with Gasteiger partial charge in [0.15, 0.2) is 5.11 Å². The molecule has 1 fully saturated rings. The van der Waals surface area contributed by atoms with Gasteiger partial charge in [-0.3, -0.25) is 5.43 Å². The molecule has 0 amide bonds. The molecule has 7 heteroatoms. The van der Waals surface area contributed by atoms with Crippen molar-refractivity contribution >= 4 is 29.2 Å². The number of rotatable bonds is 6. The first-order valence-electron chi connectivity index (χ1n) is 9.09. The van der Waals surface area contributed by atoms with Crippen molar-refractivity contribution in [3.63, 3.8) is 0 Å². The zero-order valence-corrected chi connectivity index (χ0v) is 16.8. The molecule has 1 atom stereocenters. The summed E-state index contributed by atoms with van der Waals surface area (Å²) < 4.78 is 13.3. The number of ether oxygens (including phenoxy) is 2. The Morgan fingerprint density at radius 2 is 2.26 bits per heavy atom. The van der Waals surface area contributed by atoms with Crippen LogP contribution in [0.1, 0.15) is 29.8 Å². The molecular formula is C20H26N4O2S. The van der Waals surface area contributed by atoms with Gasteiger partial charge in [-0.25, -0.2) is 0 Å². The molecule has 1 aromatic carbocycles. The predicted molar refractivity (Wildman–Crippen MR) is 113 cm³/mol. The van der Waals surface area contributed by atoms with Crippen molar-refractivity contribution in [2.45, 2.75) is 39.3 Å². The summed E-state index contributed by atoms with van der Waals surface area (Å²) in [4.78, 5) is 0. The number of aryl methyl sites for hydroxylation is 1. The molecule has 1 saturated heterocycles. The van der Waals surface area contributed by atoms with Crippen LogP contribution >= 0.6 is 12.2 Å². The SMILES string of the molecule is COc1cccc(NC(=S)N/N=C\c2cc(C)n(C[C@@H]3CCCO3)c2C)c1. The third-order valence-electron chi connectivity index (χ3n) is 4.72. The smallest absolute Gasteiger partial charge is 0.191 e. The summed E-state index contributed by atoms with van der Waals surface area (Å²) in [7, 11) is 1.63. The number of nitrogens with one attached hydrogen (secondary N) is 2. The number of hydrogen-bond donors (Lipinski definition) is 2. The largest absolute Gasteiger partial charge is 0.497 e. The van der Waals surface area contributed by atoms with Crippen LogP contribution in [0.4, 0.5) is 5.69 Å². The summed E-state index contributed by atoms with van der Waals surface area (Å²) in [6.07, 6.45) is 4.40. The standard InChI is InChI=1S/C20H26N4O2S/c1-14-10-16(15(2)24(14)13-19-8-5-9-26-19)12-21-23-20(27)22-17-6-4-7-18(11-17)25-3/h4,6-7,10-12,19H,5,8-9,13H2,1-3H3,(H2,22,23,27)/b21-12-/t19-/m0/s1. The van der Waals surface area contributed by atoms with Crippen molar-refractivity contribution in [2.24, 2.45) is 5.10 Å². The molecule has 1 aromatic heterocycles. The Morgan fingerprint density at radius 1 is 1.41 bits per heavy atom. The third kappa shape index (κ3) is 5.08. The minimum absolute atomic E-state index is 0.317. The molecule has 6 nitrogen and oxygen atoms in total. The fraction of sp³-hybridized carbons (Fsp3) is 0.400. The maximum absolute atomic E-state index is 5.76. The summed E-state index contributed by atoms with van der Waals surface area (Å²) in [5, 5.41) is 7.78. The minimum atomic E-state index is 0.317. The van der Waals surface area contributed by atoms with Crippen LogP contribution in [0.15, 0.2) is 35.4 Å². The van der Waals surface area contributed by atoms with Crippen LogP contribution in [-0.4, -0.2) is 35.7 Å². The Bertz CT molecular complexity index is 825. The van der Waals surface area contributed by atoms with E-state index in [-0.39, 0.29) is 0 Å². The zero-order valence-electron chi connectivity index (χ0n) is 16.0. The van der Waals surface area contributed by atoms with Gasteiger partial charge >= 0.3 is 0 Å². The molecule has 27 heavy (non-hydrogen) atoms. The summed E-state index contributed by atoms with van der Waals surface area (Å²) in [5.41, 5.74) is 7.17. The monoisotopic (exact) mass is 386 g/mol. The normalized spacial score (nSPS) is 16.6. The van der Waals surface area contributed by atoms with Gasteiger partial charge in [0.05, 0.1) is 19.4 Å². The Balaban J connectivity index is 1.58. The lowest BCUT2D eigenvalue weighted by Gasteiger charge is -2.14. The second-order valence-electron chi connectivity index (χ2n) is 6.63. The first-order valence-corrected chi connectivity index (χ1v) is 9.50. The highest BCUT2D eigenvalue weighted by Gasteiger charge is 2.18. The van der Waals surface area contributed by atoms with Gasteiger partial charge in [-0.05, 0) is 57.1 Å². The molecular weight excluding hydrogens is 360 g/mol. The number of aromatic nitrogens is 1. The van der Waals surface area contributed by atoms with E-state index in [0.29, 0.717) is 11.2 Å². The molecule has 3 rings (SSSR count). The quantitative estimate of drug-likeness (QED) is 0.451. The Labute approximate surface area is 165 Å². The van der Waals surface area contributed by atoms with Gasteiger partial charge in [0, 0.05) is 41.9 Å². The third-order valence-corrected chi connectivity index (χ3v) is 4.91. The number of hydrazone groups is 1. The highest BCUT2D eigenvalue weighted by molar-refractivity contribution is 7.80. The van der Waals surface area contributed by atoms with Crippen molar-refractivity contribution in [1.29, 1.82) is 0 Å². The maximum Gasteiger partial charge on any atom is 0.191 e. The van der Waals surface area contributed by atoms with Crippen LogP contribution in [0, 0.1) is 13.8 Å². The zero-order chi connectivity index (χ0) is 19.2. The lowest BCUT2D eigenvalue weighted by molar-refractivity contribution is 0.0962. The van der Waals surface area contributed by atoms with E-state index in [1.807, 2.05) is 24.3 Å². The molecule has 2 N–H and O–H groups in total. The van der Waals surface area contributed by atoms with E-state index >= 15 is 0 Å². The van der Waals surface area contributed by atoms with Crippen LogP contribution in [0.3, 0.4) is 0 Å². The van der Waals surface area contributed by atoms with Crippen LogP contribution in [0.5, 0.6) is 5.75 Å². The Kier molecular flexibility index (Phi) is 6.47. The molecule has 144 valence electrons. The molecule has 0 aliphatic carbocycles. The molecule has 0 saturated carbocycles. The van der Waals surface area contributed by atoms with Crippen LogP contribution in [0.2, 0.25) is 0 Å². The van der Waals surface area contributed by atoms with Crippen molar-refractivity contribution in [3.05, 3.63) is 47.3 Å². The van der Waals surface area contributed by atoms with Gasteiger partial charge in [-0.1, -0.05) is 6.07 Å². The van der Waals surface area contributed by atoms with Crippen molar-refractivity contribution in [1.82, 2.24) is 9.99 Å². The van der Waals surface area contributed by atoms with Crippen molar-refractivity contribution < 1.29 is 9.47 Å². The molecule has 0 spiro atoms. The van der Waals surface area contributed by atoms with Crippen molar-refractivity contribution in [3.8, 4) is 5.75 Å². The second kappa shape index (κ2) is 9.01. The predicted octanol–water partition coefficient (Wildman–Crippen LogP) is 3.61. The van der Waals surface area contributed by atoms with Crippen LogP contribution in [-0.2, 0) is 11.3 Å². The number of methoxy groups -OCH3 is 1. The lowest BCUT2D eigenvalue weighted by Crippen LogP contribution is -2.23. The number of thiocarbonyl (C=S) groups is 1. The number of benzene rings is 1. The highest BCUT2D eigenvalue weighted by atomic mass is 32.1. The van der Waals surface area contributed by atoms with Gasteiger partial charge in [-0.15, -0.1) is 0 Å². The molecule has 0 radical (unpaired) electrons. The average molecular weight is 387 g/mol. The second-order valence-corrected chi connectivity index (χ2v) is 7.04. The van der Waals surface area contributed by atoms with E-state index in [0.717, 1.165) is 43.0 Å². The van der Waals surface area contributed by atoms with E-state index in [4.69, 9.17) is 21.7 Å². The summed E-state index contributed by atoms with van der Waals surface area (Å²) in [6, 6.07) is 9.70. The lowest BCUT2D eigenvalue weighted by atomic mass is 10.2. The Morgan fingerprint density at radius 3 is 3.00 bits per heavy atom. The molecule has 2 aromatic rings. The summed E-state index contributed by atoms with van der Waals surface area (Å²) >= 11 is 5.29. The van der Waals surface area contributed by atoms with E-state index in [2.05, 4.69) is 40.3 Å². The number of nitrogens with zero attached hydrogens (tertiary/aromatic N) is 2. The first-order chi connectivity index (χ1) is 13.1. The topological polar surface area (TPSA) is 59.8 Å². The van der Waals surface area contributed by atoms with E-state index in [9.17, 15) is 0 Å². The average Bonchev–Trinajstić information content (AvgIpc) is 3.26. The summed E-state index contributed by atoms with van der Waals surface area (Å²) in [6.45, 7) is 5.99. The van der Waals surface area contributed by atoms with E-state index in [1.165, 1.54) is 11.4 Å². The fourth-order valence-electron chi connectivity index (χ4n) is 3.25. The van der Waals surface area contributed by atoms with Gasteiger partial charge in [0.1, 0.15) is 5.75 Å². The highest BCUT2D eigenvalue weighted by Crippen LogP contribution is 2.19. The molecule has 1 aliphatic heterocycles. The molecule has 0 bridgehead atoms. The van der Waals surface area contributed by atoms with E-state index < -0.39 is 0 Å². The minimum Gasteiger partial charge on any atom is -0.497 e. The van der Waals surface area contributed by atoms with Gasteiger partial charge < -0.3 is 19.4 Å². The van der Waals surface area contributed by atoms with Crippen LogP contribution < -0.4 is 15.5 Å². The number of anilines is 1. The van der Waals surface area contributed by atoms with Gasteiger partial charge in [0.25, 0.3) is 0 Å². The van der Waals surface area contributed by atoms with Crippen molar-refractivity contribution in [2.75, 3.05) is 19.0 Å². The van der Waals surface area contributed by atoms with Gasteiger partial charge in [-0.2, -0.15) is 5.10 Å². The first kappa shape index (κ1) is 19.4. The van der Waals surface area contributed by atoms with Gasteiger partial charge in [0.2, 0.25) is 0 Å². The fourth-order valence-corrected chi connectivity index (χ4v) is 3.42. The van der Waals surface area contributed by atoms with E-state index in [1.54, 1.807) is 13.3 Å². The Hall–Kier alpha value is -2.38. The molecule has 0 unspecified atom stereocenters. The summed E-state index contributed by atoms with van der Waals surface area (Å²) in [5.74, 6) is 0.769. The molecule has 2 heterocycles. The maximum atomic E-state index is 5.76. The number of hydrogen-bond acceptors (Lipinski definition) is 4. The van der Waals surface area contributed by atoms with Crippen LogP contribution in [0.25, 0.3) is 0 Å². The molecule has 1 aliphatic rings.